The lowest BCUT2D eigenvalue weighted by atomic mass is 10.1. The molecule has 0 saturated carbocycles. The molecule has 0 bridgehead atoms. The van der Waals surface area contributed by atoms with E-state index in [9.17, 15) is 4.39 Å². The van der Waals surface area contributed by atoms with Crippen LogP contribution in [0.3, 0.4) is 0 Å². The second kappa shape index (κ2) is 7.77. The van der Waals surface area contributed by atoms with E-state index < -0.39 is 0 Å². The summed E-state index contributed by atoms with van der Waals surface area (Å²) in [5.74, 6) is 1.29. The number of hydrogen-bond acceptors (Lipinski definition) is 1. The van der Waals surface area contributed by atoms with Crippen molar-refractivity contribution in [1.29, 1.82) is 0 Å². The molecule has 0 spiro atoms. The van der Waals surface area contributed by atoms with E-state index in [1.807, 2.05) is 6.07 Å². The molecule has 0 heterocycles. The van der Waals surface area contributed by atoms with E-state index in [1.54, 1.807) is 20.0 Å². The molecule has 4 heteroatoms. The summed E-state index contributed by atoms with van der Waals surface area (Å²) in [7, 11) is 1.75. The number of benzene rings is 1. The molecule has 0 unspecified atom stereocenters. The number of aryl methyl sites for hydroxylation is 1. The second-order valence-electron chi connectivity index (χ2n) is 5.12. The highest BCUT2D eigenvalue weighted by Crippen LogP contribution is 2.08. The van der Waals surface area contributed by atoms with Crippen molar-refractivity contribution in [1.82, 2.24) is 10.6 Å². The van der Waals surface area contributed by atoms with E-state index in [0.717, 1.165) is 24.5 Å². The highest BCUT2D eigenvalue weighted by atomic mass is 19.1. The Labute approximate surface area is 115 Å². The number of aliphatic imine (C=N–C) groups is 1. The molecule has 0 aliphatic heterocycles. The molecular formula is C15H24FN3. The average Bonchev–Trinajstić information content (AvgIpc) is 2.37. The SMILES string of the molecule is CN=C(NCCC(C)C)NCc1ccc(F)c(C)c1. The van der Waals surface area contributed by atoms with E-state index in [-0.39, 0.29) is 5.82 Å². The first kappa shape index (κ1) is 15.5. The third-order valence-corrected chi connectivity index (χ3v) is 2.92. The second-order valence-corrected chi connectivity index (χ2v) is 5.12. The van der Waals surface area contributed by atoms with Gasteiger partial charge in [-0.05, 0) is 36.5 Å². The molecule has 0 aromatic heterocycles. The molecule has 0 aliphatic rings. The summed E-state index contributed by atoms with van der Waals surface area (Å²) >= 11 is 0. The molecule has 3 nitrogen and oxygen atoms in total. The van der Waals surface area contributed by atoms with Crippen LogP contribution in [0.4, 0.5) is 4.39 Å². The number of rotatable bonds is 5. The molecule has 0 radical (unpaired) electrons. The minimum atomic E-state index is -0.164. The van der Waals surface area contributed by atoms with Gasteiger partial charge in [0.1, 0.15) is 5.82 Å². The van der Waals surface area contributed by atoms with Crippen molar-refractivity contribution in [2.45, 2.75) is 33.7 Å². The zero-order chi connectivity index (χ0) is 14.3. The Morgan fingerprint density at radius 1 is 1.32 bits per heavy atom. The highest BCUT2D eigenvalue weighted by Gasteiger charge is 2.01. The normalized spacial score (nSPS) is 11.8. The first-order chi connectivity index (χ1) is 9.02. The standard InChI is InChI=1S/C15H24FN3/c1-11(2)7-8-18-15(17-4)19-10-13-5-6-14(16)12(3)9-13/h5-6,9,11H,7-8,10H2,1-4H3,(H2,17,18,19). The van der Waals surface area contributed by atoms with Crippen LogP contribution in [0, 0.1) is 18.7 Å². The molecule has 2 N–H and O–H groups in total. The lowest BCUT2D eigenvalue weighted by Crippen LogP contribution is -2.37. The topological polar surface area (TPSA) is 36.4 Å². The van der Waals surface area contributed by atoms with Gasteiger partial charge in [-0.15, -0.1) is 0 Å². The van der Waals surface area contributed by atoms with E-state index in [0.29, 0.717) is 18.0 Å². The van der Waals surface area contributed by atoms with Crippen LogP contribution in [-0.4, -0.2) is 19.6 Å². The third kappa shape index (κ3) is 5.73. The maximum absolute atomic E-state index is 13.1. The van der Waals surface area contributed by atoms with Gasteiger partial charge < -0.3 is 10.6 Å². The van der Waals surface area contributed by atoms with Crippen molar-refractivity contribution in [2.75, 3.05) is 13.6 Å². The van der Waals surface area contributed by atoms with Gasteiger partial charge in [0, 0.05) is 20.1 Å². The lowest BCUT2D eigenvalue weighted by molar-refractivity contribution is 0.573. The molecule has 0 fully saturated rings. The molecule has 1 aromatic rings. The Balaban J connectivity index is 2.42. The van der Waals surface area contributed by atoms with Gasteiger partial charge in [0.05, 0.1) is 0 Å². The number of guanidine groups is 1. The average molecular weight is 265 g/mol. The fourth-order valence-electron chi connectivity index (χ4n) is 1.70. The van der Waals surface area contributed by atoms with E-state index >= 15 is 0 Å². The first-order valence-electron chi connectivity index (χ1n) is 6.72. The molecule has 0 aliphatic carbocycles. The number of nitrogens with zero attached hydrogens (tertiary/aromatic N) is 1. The predicted octanol–water partition coefficient (Wildman–Crippen LogP) is 2.85. The van der Waals surface area contributed by atoms with Gasteiger partial charge in [0.2, 0.25) is 0 Å². The van der Waals surface area contributed by atoms with Gasteiger partial charge >= 0.3 is 0 Å². The molecular weight excluding hydrogens is 241 g/mol. The highest BCUT2D eigenvalue weighted by molar-refractivity contribution is 5.79. The van der Waals surface area contributed by atoms with Gasteiger partial charge in [-0.3, -0.25) is 4.99 Å². The van der Waals surface area contributed by atoms with Crippen molar-refractivity contribution >= 4 is 5.96 Å². The quantitative estimate of drug-likeness (QED) is 0.634. The van der Waals surface area contributed by atoms with Gasteiger partial charge in [-0.2, -0.15) is 0 Å². The van der Waals surface area contributed by atoms with Gasteiger partial charge in [0.15, 0.2) is 5.96 Å². The van der Waals surface area contributed by atoms with Crippen LogP contribution >= 0.6 is 0 Å². The van der Waals surface area contributed by atoms with Crippen LogP contribution in [0.5, 0.6) is 0 Å². The molecule has 0 atom stereocenters. The van der Waals surface area contributed by atoms with Crippen LogP contribution in [-0.2, 0) is 6.54 Å². The largest absolute Gasteiger partial charge is 0.356 e. The smallest absolute Gasteiger partial charge is 0.191 e. The molecule has 106 valence electrons. The Bertz CT molecular complexity index is 427. The lowest BCUT2D eigenvalue weighted by Gasteiger charge is -2.13. The Kier molecular flexibility index (Phi) is 6.33. The van der Waals surface area contributed by atoms with Gasteiger partial charge in [-0.25, -0.2) is 4.39 Å². The van der Waals surface area contributed by atoms with Crippen LogP contribution in [0.15, 0.2) is 23.2 Å². The predicted molar refractivity (Wildman–Crippen MR) is 78.8 cm³/mol. The minimum absolute atomic E-state index is 0.164. The molecule has 1 aromatic carbocycles. The van der Waals surface area contributed by atoms with E-state index in [1.165, 1.54) is 6.07 Å². The maximum atomic E-state index is 13.1. The maximum Gasteiger partial charge on any atom is 0.191 e. The molecule has 0 saturated heterocycles. The molecule has 0 amide bonds. The summed E-state index contributed by atoms with van der Waals surface area (Å²) in [5, 5.41) is 6.48. The minimum Gasteiger partial charge on any atom is -0.356 e. The van der Waals surface area contributed by atoms with Crippen molar-refractivity contribution in [3.8, 4) is 0 Å². The van der Waals surface area contributed by atoms with Crippen molar-refractivity contribution < 1.29 is 4.39 Å². The van der Waals surface area contributed by atoms with E-state index in [4.69, 9.17) is 0 Å². The van der Waals surface area contributed by atoms with Crippen LogP contribution in [0.25, 0.3) is 0 Å². The number of halogens is 1. The summed E-state index contributed by atoms with van der Waals surface area (Å²) in [6, 6.07) is 5.14. The van der Waals surface area contributed by atoms with Crippen molar-refractivity contribution in [2.24, 2.45) is 10.9 Å². The first-order valence-corrected chi connectivity index (χ1v) is 6.72. The fraction of sp³-hybridized carbons (Fsp3) is 0.533. The Morgan fingerprint density at radius 2 is 2.05 bits per heavy atom. The zero-order valence-corrected chi connectivity index (χ0v) is 12.3. The third-order valence-electron chi connectivity index (χ3n) is 2.92. The summed E-state index contributed by atoms with van der Waals surface area (Å²) in [4.78, 5) is 4.16. The van der Waals surface area contributed by atoms with Crippen LogP contribution in [0.1, 0.15) is 31.4 Å². The van der Waals surface area contributed by atoms with Crippen LogP contribution < -0.4 is 10.6 Å². The Hall–Kier alpha value is -1.58. The number of hydrogen-bond donors (Lipinski definition) is 2. The fourth-order valence-corrected chi connectivity index (χ4v) is 1.70. The van der Waals surface area contributed by atoms with Crippen LogP contribution in [0.2, 0.25) is 0 Å². The summed E-state index contributed by atoms with van der Waals surface area (Å²) in [5.41, 5.74) is 1.72. The van der Waals surface area contributed by atoms with Crippen molar-refractivity contribution in [3.63, 3.8) is 0 Å². The number of nitrogens with one attached hydrogen (secondary N) is 2. The molecule has 19 heavy (non-hydrogen) atoms. The van der Waals surface area contributed by atoms with Gasteiger partial charge in [-0.1, -0.05) is 26.0 Å². The summed E-state index contributed by atoms with van der Waals surface area (Å²) in [6.07, 6.45) is 1.11. The molecule has 1 rings (SSSR count). The van der Waals surface area contributed by atoms with Crippen molar-refractivity contribution in [3.05, 3.63) is 35.1 Å². The Morgan fingerprint density at radius 3 is 2.63 bits per heavy atom. The zero-order valence-electron chi connectivity index (χ0n) is 12.3. The monoisotopic (exact) mass is 265 g/mol. The van der Waals surface area contributed by atoms with E-state index in [2.05, 4.69) is 29.5 Å². The summed E-state index contributed by atoms with van der Waals surface area (Å²) < 4.78 is 13.1. The summed E-state index contributed by atoms with van der Waals surface area (Å²) in [6.45, 7) is 7.70. The van der Waals surface area contributed by atoms with Gasteiger partial charge in [0.25, 0.3) is 0 Å².